The van der Waals surface area contributed by atoms with E-state index in [1.54, 1.807) is 6.26 Å². The SMILES string of the molecule is CCc1cc(C)c(OC(C)C)c2ccoc12. The van der Waals surface area contributed by atoms with Crippen LogP contribution in [0.5, 0.6) is 5.75 Å². The van der Waals surface area contributed by atoms with Crippen molar-refractivity contribution in [3.05, 3.63) is 29.5 Å². The smallest absolute Gasteiger partial charge is 0.140 e. The van der Waals surface area contributed by atoms with Gasteiger partial charge in [0.25, 0.3) is 0 Å². The lowest BCUT2D eigenvalue weighted by molar-refractivity contribution is 0.244. The van der Waals surface area contributed by atoms with E-state index in [-0.39, 0.29) is 6.10 Å². The average molecular weight is 218 g/mol. The maximum absolute atomic E-state index is 5.86. The number of aryl methyl sites for hydroxylation is 2. The first-order valence-electron chi connectivity index (χ1n) is 5.79. The van der Waals surface area contributed by atoms with Crippen LogP contribution in [0, 0.1) is 6.92 Å². The van der Waals surface area contributed by atoms with Crippen molar-refractivity contribution in [3.63, 3.8) is 0 Å². The first kappa shape index (κ1) is 11.1. The molecule has 2 rings (SSSR count). The Hall–Kier alpha value is -1.44. The largest absolute Gasteiger partial charge is 0.490 e. The number of hydrogen-bond acceptors (Lipinski definition) is 2. The number of ether oxygens (including phenoxy) is 1. The molecule has 0 aliphatic carbocycles. The minimum absolute atomic E-state index is 0.185. The molecule has 0 bridgehead atoms. The molecule has 2 nitrogen and oxygen atoms in total. The predicted octanol–water partition coefficient (Wildman–Crippen LogP) is 4.09. The van der Waals surface area contributed by atoms with Crippen LogP contribution in [0.4, 0.5) is 0 Å². The molecule has 0 atom stereocenters. The summed E-state index contributed by atoms with van der Waals surface area (Å²) in [5, 5.41) is 1.09. The Bertz CT molecular complexity index is 495. The maximum atomic E-state index is 5.86. The third kappa shape index (κ3) is 1.80. The van der Waals surface area contributed by atoms with Gasteiger partial charge in [0.2, 0.25) is 0 Å². The van der Waals surface area contributed by atoms with Crippen molar-refractivity contribution in [3.8, 4) is 5.75 Å². The molecule has 1 heterocycles. The second-order valence-corrected chi connectivity index (χ2v) is 4.37. The Morgan fingerprint density at radius 2 is 2.12 bits per heavy atom. The summed E-state index contributed by atoms with van der Waals surface area (Å²) in [5.41, 5.74) is 3.39. The molecule has 1 aromatic heterocycles. The Morgan fingerprint density at radius 1 is 1.38 bits per heavy atom. The van der Waals surface area contributed by atoms with Gasteiger partial charge in [0, 0.05) is 0 Å². The Morgan fingerprint density at radius 3 is 2.75 bits per heavy atom. The van der Waals surface area contributed by atoms with Crippen molar-refractivity contribution in [2.24, 2.45) is 0 Å². The van der Waals surface area contributed by atoms with Gasteiger partial charge in [0.05, 0.1) is 17.8 Å². The summed E-state index contributed by atoms with van der Waals surface area (Å²) in [4.78, 5) is 0. The fourth-order valence-electron chi connectivity index (χ4n) is 2.00. The van der Waals surface area contributed by atoms with Crippen molar-refractivity contribution < 1.29 is 9.15 Å². The van der Waals surface area contributed by atoms with Crippen LogP contribution in [0.25, 0.3) is 11.0 Å². The van der Waals surface area contributed by atoms with E-state index in [1.807, 2.05) is 19.9 Å². The van der Waals surface area contributed by atoms with Crippen molar-refractivity contribution in [2.45, 2.75) is 40.2 Å². The fourth-order valence-corrected chi connectivity index (χ4v) is 2.00. The third-order valence-corrected chi connectivity index (χ3v) is 2.68. The highest BCUT2D eigenvalue weighted by molar-refractivity contribution is 5.88. The van der Waals surface area contributed by atoms with E-state index < -0.39 is 0 Å². The number of fused-ring (bicyclic) bond motifs is 1. The lowest BCUT2D eigenvalue weighted by Gasteiger charge is -2.14. The summed E-state index contributed by atoms with van der Waals surface area (Å²) in [6.45, 7) is 8.31. The van der Waals surface area contributed by atoms with Gasteiger partial charge in [-0.15, -0.1) is 0 Å². The predicted molar refractivity (Wildman–Crippen MR) is 66.1 cm³/mol. The summed E-state index contributed by atoms with van der Waals surface area (Å²) in [6.07, 6.45) is 2.90. The molecule has 2 aromatic rings. The zero-order chi connectivity index (χ0) is 11.7. The normalized spacial score (nSPS) is 11.3. The van der Waals surface area contributed by atoms with Crippen molar-refractivity contribution in [1.82, 2.24) is 0 Å². The zero-order valence-corrected chi connectivity index (χ0v) is 10.3. The van der Waals surface area contributed by atoms with Crippen molar-refractivity contribution >= 4 is 11.0 Å². The highest BCUT2D eigenvalue weighted by atomic mass is 16.5. The number of benzene rings is 1. The number of furan rings is 1. The van der Waals surface area contributed by atoms with Crippen LogP contribution in [0.1, 0.15) is 31.9 Å². The Labute approximate surface area is 96.2 Å². The quantitative estimate of drug-likeness (QED) is 0.774. The summed E-state index contributed by atoms with van der Waals surface area (Å²) >= 11 is 0. The molecular formula is C14H18O2. The molecule has 1 aromatic carbocycles. The van der Waals surface area contributed by atoms with E-state index in [4.69, 9.17) is 9.15 Å². The van der Waals surface area contributed by atoms with E-state index in [0.717, 1.165) is 23.1 Å². The first-order valence-corrected chi connectivity index (χ1v) is 5.79. The highest BCUT2D eigenvalue weighted by Crippen LogP contribution is 2.34. The third-order valence-electron chi connectivity index (χ3n) is 2.68. The molecule has 86 valence electrons. The minimum Gasteiger partial charge on any atom is -0.490 e. The molecule has 0 saturated carbocycles. The molecule has 16 heavy (non-hydrogen) atoms. The van der Waals surface area contributed by atoms with Crippen LogP contribution in [-0.4, -0.2) is 6.10 Å². The van der Waals surface area contributed by atoms with E-state index >= 15 is 0 Å². The van der Waals surface area contributed by atoms with Crippen LogP contribution < -0.4 is 4.74 Å². The summed E-state index contributed by atoms with van der Waals surface area (Å²) < 4.78 is 11.4. The van der Waals surface area contributed by atoms with Crippen LogP contribution in [0.2, 0.25) is 0 Å². The average Bonchev–Trinajstić information content (AvgIpc) is 2.70. The second kappa shape index (κ2) is 4.20. The van der Waals surface area contributed by atoms with Gasteiger partial charge in [-0.1, -0.05) is 6.92 Å². The lowest BCUT2D eigenvalue weighted by atomic mass is 10.0. The summed E-state index contributed by atoms with van der Waals surface area (Å²) in [5.74, 6) is 0.955. The molecule has 0 aliphatic heterocycles. The topological polar surface area (TPSA) is 22.4 Å². The van der Waals surface area contributed by atoms with E-state index in [0.29, 0.717) is 0 Å². The molecule has 0 spiro atoms. The second-order valence-electron chi connectivity index (χ2n) is 4.37. The van der Waals surface area contributed by atoms with Crippen molar-refractivity contribution in [2.75, 3.05) is 0 Å². The molecule has 0 unspecified atom stereocenters. The molecule has 2 heteroatoms. The molecule has 0 aliphatic rings. The summed E-state index contributed by atoms with van der Waals surface area (Å²) in [6, 6.07) is 4.14. The fraction of sp³-hybridized carbons (Fsp3) is 0.429. The summed E-state index contributed by atoms with van der Waals surface area (Å²) in [7, 11) is 0. The Kier molecular flexibility index (Phi) is 2.90. The van der Waals surface area contributed by atoms with Gasteiger partial charge in [-0.25, -0.2) is 0 Å². The van der Waals surface area contributed by atoms with E-state index in [2.05, 4.69) is 19.9 Å². The van der Waals surface area contributed by atoms with E-state index in [1.165, 1.54) is 11.1 Å². The van der Waals surface area contributed by atoms with Crippen LogP contribution in [-0.2, 0) is 6.42 Å². The molecule has 0 amide bonds. The van der Waals surface area contributed by atoms with Crippen LogP contribution in [0.3, 0.4) is 0 Å². The van der Waals surface area contributed by atoms with Crippen molar-refractivity contribution in [1.29, 1.82) is 0 Å². The molecule has 0 saturated heterocycles. The van der Waals surface area contributed by atoms with Crippen LogP contribution >= 0.6 is 0 Å². The number of hydrogen-bond donors (Lipinski definition) is 0. The number of rotatable bonds is 3. The van der Waals surface area contributed by atoms with Crippen LogP contribution in [0.15, 0.2) is 22.8 Å². The lowest BCUT2D eigenvalue weighted by Crippen LogP contribution is -2.07. The minimum atomic E-state index is 0.185. The monoisotopic (exact) mass is 218 g/mol. The van der Waals surface area contributed by atoms with E-state index in [9.17, 15) is 0 Å². The standard InChI is InChI=1S/C14H18O2/c1-5-11-8-10(4)13(16-9(2)3)12-6-7-15-14(11)12/h6-9H,5H2,1-4H3. The van der Waals surface area contributed by atoms with Gasteiger partial charge in [0.15, 0.2) is 0 Å². The van der Waals surface area contributed by atoms with Gasteiger partial charge in [-0.05, 0) is 50.5 Å². The molecule has 0 N–H and O–H groups in total. The van der Waals surface area contributed by atoms with Gasteiger partial charge < -0.3 is 9.15 Å². The molecular weight excluding hydrogens is 200 g/mol. The molecule has 0 radical (unpaired) electrons. The Balaban J connectivity index is 2.64. The maximum Gasteiger partial charge on any atom is 0.140 e. The van der Waals surface area contributed by atoms with Gasteiger partial charge in [-0.3, -0.25) is 0 Å². The highest BCUT2D eigenvalue weighted by Gasteiger charge is 2.13. The first-order chi connectivity index (χ1) is 7.63. The van der Waals surface area contributed by atoms with Gasteiger partial charge >= 0.3 is 0 Å². The zero-order valence-electron chi connectivity index (χ0n) is 10.3. The van der Waals surface area contributed by atoms with Gasteiger partial charge in [-0.2, -0.15) is 0 Å². The molecule has 0 fully saturated rings. The van der Waals surface area contributed by atoms with Gasteiger partial charge in [0.1, 0.15) is 11.3 Å².